The number of nitrogens with one attached hydrogen (secondary N) is 1. The number of amides is 1. The molecule has 0 spiro atoms. The molecule has 3 aromatic rings. The van der Waals surface area contributed by atoms with Crippen molar-refractivity contribution in [3.63, 3.8) is 0 Å². The fourth-order valence-corrected chi connectivity index (χ4v) is 4.34. The molecule has 0 saturated heterocycles. The second kappa shape index (κ2) is 12.8. The Morgan fingerprint density at radius 1 is 1.03 bits per heavy atom. The highest BCUT2D eigenvalue weighted by molar-refractivity contribution is 6.04. The molecular formula is C32H35F3N2O. The van der Waals surface area contributed by atoms with Crippen LogP contribution in [0.3, 0.4) is 0 Å². The lowest BCUT2D eigenvalue weighted by Crippen LogP contribution is -2.15. The number of benzene rings is 2. The predicted octanol–water partition coefficient (Wildman–Crippen LogP) is 8.18. The number of alkyl halides is 3. The normalized spacial score (nSPS) is 12.0. The maximum absolute atomic E-state index is 13.0. The number of nitrogens with zero attached hydrogens (tertiary/aromatic N) is 1. The number of carbonyl (C=O) groups excluding carboxylic acids is 1. The molecular weight excluding hydrogens is 485 g/mol. The zero-order valence-electron chi connectivity index (χ0n) is 22.7. The van der Waals surface area contributed by atoms with Crippen LogP contribution in [0.25, 0.3) is 0 Å². The summed E-state index contributed by atoms with van der Waals surface area (Å²) in [4.78, 5) is 17.6. The van der Waals surface area contributed by atoms with Crippen molar-refractivity contribution in [1.29, 1.82) is 0 Å². The van der Waals surface area contributed by atoms with Crippen LogP contribution in [0.5, 0.6) is 0 Å². The molecule has 3 rings (SSSR count). The quantitative estimate of drug-likeness (QED) is 0.304. The zero-order valence-corrected chi connectivity index (χ0v) is 22.7. The fraction of sp³-hybridized carbons (Fsp3) is 0.375. The van der Waals surface area contributed by atoms with Gasteiger partial charge in [0.25, 0.3) is 5.91 Å². The minimum atomic E-state index is -4.32. The van der Waals surface area contributed by atoms with Crippen molar-refractivity contribution in [2.75, 3.05) is 5.32 Å². The minimum absolute atomic E-state index is 0.170. The van der Waals surface area contributed by atoms with Crippen molar-refractivity contribution in [2.45, 2.75) is 78.8 Å². The van der Waals surface area contributed by atoms with E-state index in [0.717, 1.165) is 36.1 Å². The van der Waals surface area contributed by atoms with Crippen molar-refractivity contribution in [2.24, 2.45) is 0 Å². The van der Waals surface area contributed by atoms with Gasteiger partial charge < -0.3 is 5.32 Å². The smallest absolute Gasteiger partial charge is 0.322 e. The van der Waals surface area contributed by atoms with Crippen LogP contribution in [-0.2, 0) is 19.3 Å². The molecule has 3 nitrogen and oxygen atoms in total. The van der Waals surface area contributed by atoms with Crippen molar-refractivity contribution in [1.82, 2.24) is 4.98 Å². The van der Waals surface area contributed by atoms with E-state index in [0.29, 0.717) is 34.7 Å². The average molecular weight is 521 g/mol. The SMILES string of the molecule is CCCc1ncc(C#Cc2cc(C(=O)Nc3ccc(CC)c(CC(F)(F)F)c3)ccc2C)cc1C(C)CC. The number of carbonyl (C=O) groups is 1. The minimum Gasteiger partial charge on any atom is -0.322 e. The summed E-state index contributed by atoms with van der Waals surface area (Å²) in [5.74, 6) is 6.36. The van der Waals surface area contributed by atoms with Gasteiger partial charge in [-0.15, -0.1) is 0 Å². The van der Waals surface area contributed by atoms with E-state index in [1.807, 2.05) is 19.9 Å². The van der Waals surface area contributed by atoms with Gasteiger partial charge in [-0.05, 0) is 84.7 Å². The van der Waals surface area contributed by atoms with E-state index in [4.69, 9.17) is 0 Å². The first-order chi connectivity index (χ1) is 18.0. The predicted molar refractivity (Wildman–Crippen MR) is 148 cm³/mol. The van der Waals surface area contributed by atoms with Crippen LogP contribution < -0.4 is 5.32 Å². The van der Waals surface area contributed by atoms with Crippen molar-refractivity contribution >= 4 is 11.6 Å². The monoisotopic (exact) mass is 520 g/mol. The van der Waals surface area contributed by atoms with Gasteiger partial charge in [-0.3, -0.25) is 9.78 Å². The van der Waals surface area contributed by atoms with E-state index in [1.54, 1.807) is 30.5 Å². The largest absolute Gasteiger partial charge is 0.393 e. The molecule has 1 unspecified atom stereocenters. The molecule has 0 saturated carbocycles. The number of hydrogen-bond acceptors (Lipinski definition) is 2. The van der Waals surface area contributed by atoms with E-state index >= 15 is 0 Å². The molecule has 200 valence electrons. The lowest BCUT2D eigenvalue weighted by Gasteiger charge is -2.14. The summed E-state index contributed by atoms with van der Waals surface area (Å²) < 4.78 is 39.1. The number of pyridine rings is 1. The Kier molecular flexibility index (Phi) is 9.74. The zero-order chi connectivity index (χ0) is 27.9. The molecule has 0 bridgehead atoms. The summed E-state index contributed by atoms with van der Waals surface area (Å²) in [5.41, 5.74) is 6.29. The van der Waals surface area contributed by atoms with Crippen LogP contribution in [0.15, 0.2) is 48.7 Å². The highest BCUT2D eigenvalue weighted by Gasteiger charge is 2.28. The maximum Gasteiger partial charge on any atom is 0.393 e. The van der Waals surface area contributed by atoms with Crippen LogP contribution in [0.1, 0.15) is 95.9 Å². The Balaban J connectivity index is 1.85. The van der Waals surface area contributed by atoms with E-state index in [2.05, 4.69) is 49.0 Å². The molecule has 0 radical (unpaired) electrons. The third-order valence-corrected chi connectivity index (χ3v) is 6.71. The van der Waals surface area contributed by atoms with Gasteiger partial charge >= 0.3 is 6.18 Å². The number of aryl methyl sites for hydroxylation is 3. The molecule has 2 aromatic carbocycles. The number of hydrogen-bond donors (Lipinski definition) is 1. The van der Waals surface area contributed by atoms with Gasteiger partial charge in [0, 0.05) is 34.3 Å². The molecule has 1 amide bonds. The number of halogens is 3. The van der Waals surface area contributed by atoms with Gasteiger partial charge in [-0.25, -0.2) is 0 Å². The Labute approximate surface area is 223 Å². The van der Waals surface area contributed by atoms with Gasteiger partial charge in [0.2, 0.25) is 0 Å². The first-order valence-electron chi connectivity index (χ1n) is 13.2. The van der Waals surface area contributed by atoms with E-state index in [1.165, 1.54) is 11.6 Å². The molecule has 0 aliphatic rings. The molecule has 0 fully saturated rings. The second-order valence-electron chi connectivity index (χ2n) is 9.68. The summed E-state index contributed by atoms with van der Waals surface area (Å²) in [6.07, 6.45) is -0.0894. The van der Waals surface area contributed by atoms with Gasteiger partial charge in [-0.1, -0.05) is 58.1 Å². The third kappa shape index (κ3) is 7.71. The third-order valence-electron chi connectivity index (χ3n) is 6.71. The Hall–Kier alpha value is -3.59. The van der Waals surface area contributed by atoms with Gasteiger partial charge in [0.15, 0.2) is 0 Å². The first-order valence-corrected chi connectivity index (χ1v) is 13.2. The van der Waals surface area contributed by atoms with E-state index < -0.39 is 18.5 Å². The summed E-state index contributed by atoms with van der Waals surface area (Å²) in [6, 6.07) is 12.0. The van der Waals surface area contributed by atoms with Crippen molar-refractivity contribution in [3.8, 4) is 11.8 Å². The molecule has 1 aromatic heterocycles. The maximum atomic E-state index is 13.0. The fourth-order valence-electron chi connectivity index (χ4n) is 4.34. The Bertz CT molecular complexity index is 1350. The average Bonchev–Trinajstić information content (AvgIpc) is 2.87. The number of aromatic nitrogens is 1. The highest BCUT2D eigenvalue weighted by atomic mass is 19.4. The molecule has 0 aliphatic carbocycles. The molecule has 1 N–H and O–H groups in total. The van der Waals surface area contributed by atoms with Gasteiger partial charge in [0.1, 0.15) is 0 Å². The van der Waals surface area contributed by atoms with Crippen molar-refractivity contribution in [3.05, 3.63) is 93.3 Å². The standard InChI is InChI=1S/C32H35F3N2O/c1-6-9-30-29(21(4)7-2)16-23(20-36-30)11-13-25-17-26(12-10-22(25)5)31(38)37-28-15-14-24(8-3)27(18-28)19-32(33,34)35/h10,12,14-18,20-21H,6-9,19H2,1-5H3,(H,37,38). The Morgan fingerprint density at radius 3 is 2.45 bits per heavy atom. The van der Waals surface area contributed by atoms with Crippen LogP contribution in [0.2, 0.25) is 0 Å². The molecule has 1 atom stereocenters. The lowest BCUT2D eigenvalue weighted by atomic mass is 9.94. The van der Waals surface area contributed by atoms with Crippen LogP contribution in [0, 0.1) is 18.8 Å². The number of rotatable bonds is 8. The van der Waals surface area contributed by atoms with Crippen LogP contribution >= 0.6 is 0 Å². The van der Waals surface area contributed by atoms with E-state index in [9.17, 15) is 18.0 Å². The molecule has 1 heterocycles. The molecule has 0 aliphatic heterocycles. The first kappa shape index (κ1) is 29.0. The topological polar surface area (TPSA) is 42.0 Å². The van der Waals surface area contributed by atoms with Gasteiger partial charge in [0.05, 0.1) is 6.42 Å². The lowest BCUT2D eigenvalue weighted by molar-refractivity contribution is -0.127. The molecule has 38 heavy (non-hydrogen) atoms. The van der Waals surface area contributed by atoms with Crippen LogP contribution in [-0.4, -0.2) is 17.1 Å². The number of anilines is 1. The Morgan fingerprint density at radius 2 is 1.79 bits per heavy atom. The second-order valence-corrected chi connectivity index (χ2v) is 9.68. The molecule has 6 heteroatoms. The highest BCUT2D eigenvalue weighted by Crippen LogP contribution is 2.27. The summed E-state index contributed by atoms with van der Waals surface area (Å²) >= 11 is 0. The van der Waals surface area contributed by atoms with Gasteiger partial charge in [-0.2, -0.15) is 13.2 Å². The van der Waals surface area contributed by atoms with Crippen LogP contribution in [0.4, 0.5) is 18.9 Å². The van der Waals surface area contributed by atoms with E-state index in [-0.39, 0.29) is 5.56 Å². The summed E-state index contributed by atoms with van der Waals surface area (Å²) in [6.45, 7) is 10.2. The summed E-state index contributed by atoms with van der Waals surface area (Å²) in [7, 11) is 0. The summed E-state index contributed by atoms with van der Waals surface area (Å²) in [5, 5.41) is 2.74. The van der Waals surface area contributed by atoms with Crippen molar-refractivity contribution < 1.29 is 18.0 Å².